The third-order valence-corrected chi connectivity index (χ3v) is 3.54. The minimum absolute atomic E-state index is 0.741. The average molecular weight is 309 g/mol. The van der Waals surface area contributed by atoms with Crippen LogP contribution >= 0.6 is 15.9 Å². The number of aryl methyl sites for hydroxylation is 1. The molecule has 0 aliphatic heterocycles. The maximum absolute atomic E-state index is 5.47. The number of benzene rings is 1. The molecule has 1 aromatic heterocycles. The molecular weight excluding hydrogens is 292 g/mol. The van der Waals surface area contributed by atoms with Crippen molar-refractivity contribution < 1.29 is 0 Å². The highest BCUT2D eigenvalue weighted by molar-refractivity contribution is 9.10. The van der Waals surface area contributed by atoms with Crippen LogP contribution in [0.25, 0.3) is 0 Å². The fourth-order valence-electron chi connectivity index (χ4n) is 1.78. The molecule has 0 aliphatic rings. The summed E-state index contributed by atoms with van der Waals surface area (Å²) < 4.78 is 2.97. The van der Waals surface area contributed by atoms with Crippen molar-refractivity contribution in [1.82, 2.24) is 15.0 Å². The lowest BCUT2D eigenvalue weighted by atomic mass is 10.2. The van der Waals surface area contributed by atoms with Gasteiger partial charge in [-0.1, -0.05) is 39.3 Å². The van der Waals surface area contributed by atoms with Crippen molar-refractivity contribution in [2.75, 3.05) is 6.54 Å². The fourth-order valence-corrected chi connectivity index (χ4v) is 2.19. The molecule has 1 heterocycles. The van der Waals surface area contributed by atoms with Crippen LogP contribution in [-0.2, 0) is 13.0 Å². The highest BCUT2D eigenvalue weighted by Gasteiger charge is 2.03. The van der Waals surface area contributed by atoms with Gasteiger partial charge in [0, 0.05) is 10.7 Å². The lowest BCUT2D eigenvalue weighted by Crippen LogP contribution is -2.01. The van der Waals surface area contributed by atoms with Crippen molar-refractivity contribution in [3.05, 3.63) is 46.2 Å². The minimum atomic E-state index is 0.741. The molecule has 18 heavy (non-hydrogen) atoms. The van der Waals surface area contributed by atoms with Gasteiger partial charge in [-0.3, -0.25) is 0 Å². The normalized spacial score (nSPS) is 10.8. The Morgan fingerprint density at radius 1 is 1.22 bits per heavy atom. The number of nitrogens with two attached hydrogens (primary N) is 1. The van der Waals surface area contributed by atoms with Crippen LogP contribution in [0, 0.1) is 0 Å². The van der Waals surface area contributed by atoms with E-state index in [0.29, 0.717) is 0 Å². The predicted molar refractivity (Wildman–Crippen MR) is 75.3 cm³/mol. The zero-order chi connectivity index (χ0) is 12.8. The third kappa shape index (κ3) is 3.65. The molecule has 0 fully saturated rings. The van der Waals surface area contributed by atoms with Gasteiger partial charge in [0.2, 0.25) is 0 Å². The summed E-state index contributed by atoms with van der Waals surface area (Å²) in [4.78, 5) is 0. The minimum Gasteiger partial charge on any atom is -0.330 e. The van der Waals surface area contributed by atoms with Crippen LogP contribution in [0.15, 0.2) is 34.9 Å². The van der Waals surface area contributed by atoms with Crippen LogP contribution in [0.2, 0.25) is 0 Å². The van der Waals surface area contributed by atoms with Crippen LogP contribution in [0.4, 0.5) is 0 Å². The Kier molecular flexibility index (Phi) is 4.90. The second-order valence-corrected chi connectivity index (χ2v) is 5.10. The van der Waals surface area contributed by atoms with E-state index in [0.717, 1.165) is 42.5 Å². The van der Waals surface area contributed by atoms with Crippen molar-refractivity contribution in [2.45, 2.75) is 25.8 Å². The summed E-state index contributed by atoms with van der Waals surface area (Å²) in [6.07, 6.45) is 5.07. The molecular formula is C13H17BrN4. The molecule has 0 bridgehead atoms. The van der Waals surface area contributed by atoms with Crippen molar-refractivity contribution in [3.63, 3.8) is 0 Å². The van der Waals surface area contributed by atoms with Crippen LogP contribution in [0.1, 0.15) is 24.1 Å². The highest BCUT2D eigenvalue weighted by atomic mass is 79.9. The second kappa shape index (κ2) is 6.66. The molecule has 0 atom stereocenters. The number of halogens is 1. The van der Waals surface area contributed by atoms with E-state index < -0.39 is 0 Å². The molecule has 2 rings (SSSR count). The van der Waals surface area contributed by atoms with Gasteiger partial charge in [0.15, 0.2) is 0 Å². The summed E-state index contributed by atoms with van der Waals surface area (Å²) in [5, 5.41) is 8.32. The van der Waals surface area contributed by atoms with Gasteiger partial charge in [-0.2, -0.15) is 0 Å². The molecule has 2 N–H and O–H groups in total. The van der Waals surface area contributed by atoms with E-state index in [-0.39, 0.29) is 0 Å². The molecule has 2 aromatic rings. The van der Waals surface area contributed by atoms with E-state index in [1.54, 1.807) is 0 Å². The maximum atomic E-state index is 5.47. The van der Waals surface area contributed by atoms with Gasteiger partial charge in [0.1, 0.15) is 0 Å². The van der Waals surface area contributed by atoms with Crippen LogP contribution < -0.4 is 5.73 Å². The number of hydrogen-bond acceptors (Lipinski definition) is 3. The molecule has 96 valence electrons. The first-order valence-corrected chi connectivity index (χ1v) is 6.91. The molecule has 0 unspecified atom stereocenters. The lowest BCUT2D eigenvalue weighted by molar-refractivity contribution is 0.647. The van der Waals surface area contributed by atoms with Crippen molar-refractivity contribution in [3.8, 4) is 0 Å². The molecule has 1 aromatic carbocycles. The standard InChI is InChI=1S/C13H17BrN4/c14-13-7-2-1-5-11(13)9-18-10-12(16-17-18)6-3-4-8-15/h1-2,5,7,10H,3-4,6,8-9,15H2. The van der Waals surface area contributed by atoms with Gasteiger partial charge >= 0.3 is 0 Å². The summed E-state index contributed by atoms with van der Waals surface area (Å²) in [7, 11) is 0. The first-order chi connectivity index (χ1) is 8.79. The summed E-state index contributed by atoms with van der Waals surface area (Å²) in [5.41, 5.74) is 7.71. The van der Waals surface area contributed by atoms with Crippen molar-refractivity contribution >= 4 is 15.9 Å². The first kappa shape index (κ1) is 13.2. The monoisotopic (exact) mass is 308 g/mol. The van der Waals surface area contributed by atoms with E-state index >= 15 is 0 Å². The van der Waals surface area contributed by atoms with E-state index in [2.05, 4.69) is 32.3 Å². The van der Waals surface area contributed by atoms with E-state index in [1.807, 2.05) is 29.1 Å². The molecule has 0 saturated carbocycles. The lowest BCUT2D eigenvalue weighted by Gasteiger charge is -2.02. The molecule has 4 nitrogen and oxygen atoms in total. The molecule has 0 amide bonds. The number of unbranched alkanes of at least 4 members (excludes halogenated alkanes) is 1. The molecule has 0 aliphatic carbocycles. The summed E-state index contributed by atoms with van der Waals surface area (Å²) in [6.45, 7) is 1.48. The zero-order valence-corrected chi connectivity index (χ0v) is 11.8. The molecule has 0 saturated heterocycles. The molecule has 0 radical (unpaired) electrons. The predicted octanol–water partition coefficient (Wildman–Crippen LogP) is 2.37. The number of rotatable bonds is 6. The van der Waals surface area contributed by atoms with Crippen LogP contribution in [-0.4, -0.2) is 21.5 Å². The Hall–Kier alpha value is -1.20. The second-order valence-electron chi connectivity index (χ2n) is 4.24. The quantitative estimate of drug-likeness (QED) is 0.834. The van der Waals surface area contributed by atoms with E-state index in [1.165, 1.54) is 5.56 Å². The van der Waals surface area contributed by atoms with Crippen LogP contribution in [0.3, 0.4) is 0 Å². The van der Waals surface area contributed by atoms with Gasteiger partial charge < -0.3 is 5.73 Å². The fraction of sp³-hybridized carbons (Fsp3) is 0.385. The largest absolute Gasteiger partial charge is 0.330 e. The molecule has 0 spiro atoms. The first-order valence-electron chi connectivity index (χ1n) is 6.12. The zero-order valence-electron chi connectivity index (χ0n) is 10.2. The SMILES string of the molecule is NCCCCc1cn(Cc2ccccc2Br)nn1. The van der Waals surface area contributed by atoms with Crippen molar-refractivity contribution in [1.29, 1.82) is 0 Å². The number of nitrogens with zero attached hydrogens (tertiary/aromatic N) is 3. The highest BCUT2D eigenvalue weighted by Crippen LogP contribution is 2.16. The topological polar surface area (TPSA) is 56.7 Å². The third-order valence-electron chi connectivity index (χ3n) is 2.76. The van der Waals surface area contributed by atoms with Gasteiger partial charge in [-0.15, -0.1) is 5.10 Å². The Bertz CT molecular complexity index is 495. The Labute approximate surface area is 115 Å². The van der Waals surface area contributed by atoms with Crippen molar-refractivity contribution in [2.24, 2.45) is 5.73 Å². The summed E-state index contributed by atoms with van der Waals surface area (Å²) >= 11 is 3.54. The Morgan fingerprint density at radius 3 is 2.83 bits per heavy atom. The van der Waals surface area contributed by atoms with Crippen LogP contribution in [0.5, 0.6) is 0 Å². The maximum Gasteiger partial charge on any atom is 0.0827 e. The molecule has 5 heteroatoms. The van der Waals surface area contributed by atoms with E-state index in [4.69, 9.17) is 5.73 Å². The number of hydrogen-bond donors (Lipinski definition) is 1. The number of aromatic nitrogens is 3. The average Bonchev–Trinajstić information content (AvgIpc) is 2.80. The Balaban J connectivity index is 1.96. The summed E-state index contributed by atoms with van der Waals surface area (Å²) in [6, 6.07) is 8.15. The van der Waals surface area contributed by atoms with Gasteiger partial charge in [0.25, 0.3) is 0 Å². The van der Waals surface area contributed by atoms with E-state index in [9.17, 15) is 0 Å². The van der Waals surface area contributed by atoms with Gasteiger partial charge in [0.05, 0.1) is 12.2 Å². The smallest absolute Gasteiger partial charge is 0.0827 e. The van der Waals surface area contributed by atoms with Gasteiger partial charge in [-0.05, 0) is 37.4 Å². The summed E-state index contributed by atoms with van der Waals surface area (Å²) in [5.74, 6) is 0. The Morgan fingerprint density at radius 2 is 2.06 bits per heavy atom. The van der Waals surface area contributed by atoms with Gasteiger partial charge in [-0.25, -0.2) is 4.68 Å².